The van der Waals surface area contributed by atoms with Crippen molar-refractivity contribution in [3.05, 3.63) is 18.4 Å². The van der Waals surface area contributed by atoms with Crippen molar-refractivity contribution in [2.24, 2.45) is 0 Å². The quantitative estimate of drug-likeness (QED) is 0.643. The van der Waals surface area contributed by atoms with Gasteiger partial charge in [-0.3, -0.25) is 0 Å². The number of nitrogens with zero attached hydrogens (tertiary/aromatic N) is 1. The second-order valence-corrected chi connectivity index (χ2v) is 2.60. The molecule has 1 aromatic heterocycles. The van der Waals surface area contributed by atoms with E-state index >= 15 is 0 Å². The highest BCUT2D eigenvalue weighted by Gasteiger charge is 2.05. The topological polar surface area (TPSA) is 26.0 Å². The number of aromatic nitrogens is 1. The van der Waals surface area contributed by atoms with Crippen LogP contribution in [0.5, 0.6) is 0 Å². The van der Waals surface area contributed by atoms with Crippen LogP contribution in [0.3, 0.4) is 0 Å². The second kappa shape index (κ2) is 3.40. The summed E-state index contributed by atoms with van der Waals surface area (Å²) in [6, 6.07) is 0. The highest BCUT2D eigenvalue weighted by atomic mass is 16.3. The number of hydrogen-bond donors (Lipinski definition) is 0. The molecule has 1 atom stereocenters. The zero-order chi connectivity index (χ0) is 7.40. The smallest absolute Gasteiger partial charge is 0.180 e. The summed E-state index contributed by atoms with van der Waals surface area (Å²) in [4.78, 5) is 4.07. The van der Waals surface area contributed by atoms with Crippen LogP contribution in [-0.4, -0.2) is 4.98 Å². The summed E-state index contributed by atoms with van der Waals surface area (Å²) in [6.07, 6.45) is 5.60. The van der Waals surface area contributed by atoms with E-state index in [0.717, 1.165) is 5.69 Å². The van der Waals surface area contributed by atoms with E-state index in [1.807, 2.05) is 0 Å². The Morgan fingerprint density at radius 1 is 1.70 bits per heavy atom. The molecule has 0 spiro atoms. The lowest BCUT2D eigenvalue weighted by atomic mass is 10.0. The van der Waals surface area contributed by atoms with E-state index in [-0.39, 0.29) is 0 Å². The maximum absolute atomic E-state index is 4.87. The van der Waals surface area contributed by atoms with Crippen LogP contribution >= 0.6 is 0 Å². The number of hydrogen-bond acceptors (Lipinski definition) is 2. The Balaban J connectivity index is 2.50. The summed E-state index contributed by atoms with van der Waals surface area (Å²) in [6.45, 7) is 4.35. The molecule has 2 nitrogen and oxygen atoms in total. The van der Waals surface area contributed by atoms with Gasteiger partial charge in [0.05, 0.1) is 5.69 Å². The summed E-state index contributed by atoms with van der Waals surface area (Å²) in [5.41, 5.74) is 1.07. The molecule has 0 aromatic carbocycles. The largest absolute Gasteiger partial charge is 0.451 e. The van der Waals surface area contributed by atoms with E-state index in [2.05, 4.69) is 18.8 Å². The molecular formula is C8H13NO. The van der Waals surface area contributed by atoms with E-state index in [9.17, 15) is 0 Å². The minimum Gasteiger partial charge on any atom is -0.451 e. The van der Waals surface area contributed by atoms with Gasteiger partial charge in [0.25, 0.3) is 0 Å². The Morgan fingerprint density at radius 2 is 2.50 bits per heavy atom. The Bertz CT molecular complexity index is 169. The molecule has 0 fully saturated rings. The molecule has 1 rings (SSSR count). The zero-order valence-corrected chi connectivity index (χ0v) is 6.50. The lowest BCUT2D eigenvalue weighted by Gasteiger charge is -2.03. The Kier molecular flexibility index (Phi) is 2.49. The molecule has 0 N–H and O–H groups in total. The molecule has 0 amide bonds. The average molecular weight is 139 g/mol. The average Bonchev–Trinajstić information content (AvgIpc) is 2.38. The maximum atomic E-state index is 4.87. The molecule has 56 valence electrons. The summed E-state index contributed by atoms with van der Waals surface area (Å²) in [5.74, 6) is 0.545. The monoisotopic (exact) mass is 139 g/mol. The van der Waals surface area contributed by atoms with Crippen molar-refractivity contribution in [1.82, 2.24) is 4.98 Å². The van der Waals surface area contributed by atoms with Crippen molar-refractivity contribution in [1.29, 1.82) is 0 Å². The van der Waals surface area contributed by atoms with Crippen molar-refractivity contribution < 1.29 is 4.42 Å². The molecule has 0 aliphatic rings. The van der Waals surface area contributed by atoms with Crippen molar-refractivity contribution in [2.45, 2.75) is 32.6 Å². The lowest BCUT2D eigenvalue weighted by molar-refractivity contribution is 0.552. The van der Waals surface area contributed by atoms with Gasteiger partial charge < -0.3 is 4.42 Å². The lowest BCUT2D eigenvalue weighted by Crippen LogP contribution is -1.91. The fraction of sp³-hybridized carbons (Fsp3) is 0.625. The molecule has 1 aromatic rings. The van der Waals surface area contributed by atoms with Crippen LogP contribution in [-0.2, 0) is 0 Å². The van der Waals surface area contributed by atoms with Gasteiger partial charge in [-0.15, -0.1) is 0 Å². The van der Waals surface area contributed by atoms with Gasteiger partial charge in [0.1, 0.15) is 6.26 Å². The first-order valence-corrected chi connectivity index (χ1v) is 3.72. The summed E-state index contributed by atoms with van der Waals surface area (Å²) >= 11 is 0. The van der Waals surface area contributed by atoms with Crippen LogP contribution in [0.25, 0.3) is 0 Å². The third-order valence-corrected chi connectivity index (χ3v) is 1.68. The van der Waals surface area contributed by atoms with Crippen molar-refractivity contribution in [2.75, 3.05) is 0 Å². The zero-order valence-electron chi connectivity index (χ0n) is 6.50. The third-order valence-electron chi connectivity index (χ3n) is 1.68. The first-order chi connectivity index (χ1) is 4.84. The molecule has 0 radical (unpaired) electrons. The van der Waals surface area contributed by atoms with Crippen molar-refractivity contribution >= 4 is 0 Å². The predicted molar refractivity (Wildman–Crippen MR) is 39.8 cm³/mol. The maximum Gasteiger partial charge on any atom is 0.180 e. The van der Waals surface area contributed by atoms with Gasteiger partial charge in [-0.2, -0.15) is 0 Å². The molecule has 0 aliphatic carbocycles. The number of rotatable bonds is 3. The molecule has 10 heavy (non-hydrogen) atoms. The van der Waals surface area contributed by atoms with E-state index < -0.39 is 0 Å². The molecule has 2 heteroatoms. The fourth-order valence-electron chi connectivity index (χ4n) is 1.05. The minimum absolute atomic E-state index is 0.545. The molecule has 0 saturated heterocycles. The van der Waals surface area contributed by atoms with Crippen LogP contribution in [0.15, 0.2) is 17.1 Å². The van der Waals surface area contributed by atoms with E-state index in [1.165, 1.54) is 19.2 Å². The summed E-state index contributed by atoms with van der Waals surface area (Å²) in [5, 5.41) is 0. The predicted octanol–water partition coefficient (Wildman–Crippen LogP) is 2.58. The normalized spacial score (nSPS) is 13.4. The first kappa shape index (κ1) is 7.32. The molecule has 0 bridgehead atoms. The first-order valence-electron chi connectivity index (χ1n) is 3.72. The van der Waals surface area contributed by atoms with Crippen molar-refractivity contribution in [3.63, 3.8) is 0 Å². The van der Waals surface area contributed by atoms with E-state index in [4.69, 9.17) is 4.42 Å². The Hall–Kier alpha value is -0.790. The Labute approximate surface area is 61.3 Å². The Morgan fingerprint density at radius 3 is 3.00 bits per heavy atom. The van der Waals surface area contributed by atoms with Gasteiger partial charge in [0, 0.05) is 5.92 Å². The standard InChI is InChI=1S/C8H13NO/c1-3-4-7(2)8-5-10-6-9-8/h5-7H,3-4H2,1-2H3. The van der Waals surface area contributed by atoms with Crippen LogP contribution in [0.2, 0.25) is 0 Å². The number of oxazole rings is 1. The van der Waals surface area contributed by atoms with Gasteiger partial charge in [0.2, 0.25) is 0 Å². The molecule has 0 saturated carbocycles. The van der Waals surface area contributed by atoms with Gasteiger partial charge in [-0.05, 0) is 6.42 Å². The SMILES string of the molecule is CCCC(C)c1cocn1. The molecule has 1 heterocycles. The minimum atomic E-state index is 0.545. The summed E-state index contributed by atoms with van der Waals surface area (Å²) < 4.78 is 4.87. The fourth-order valence-corrected chi connectivity index (χ4v) is 1.05. The second-order valence-electron chi connectivity index (χ2n) is 2.60. The van der Waals surface area contributed by atoms with Crippen LogP contribution in [0.1, 0.15) is 38.3 Å². The summed E-state index contributed by atoms with van der Waals surface area (Å²) in [7, 11) is 0. The molecule has 1 unspecified atom stereocenters. The van der Waals surface area contributed by atoms with Crippen LogP contribution in [0, 0.1) is 0 Å². The van der Waals surface area contributed by atoms with E-state index in [1.54, 1.807) is 6.26 Å². The van der Waals surface area contributed by atoms with Crippen molar-refractivity contribution in [3.8, 4) is 0 Å². The van der Waals surface area contributed by atoms with Gasteiger partial charge >= 0.3 is 0 Å². The van der Waals surface area contributed by atoms with Crippen LogP contribution < -0.4 is 0 Å². The molecule has 0 aliphatic heterocycles. The highest BCUT2D eigenvalue weighted by molar-refractivity contribution is 4.98. The molecular weight excluding hydrogens is 126 g/mol. The van der Waals surface area contributed by atoms with E-state index in [0.29, 0.717) is 5.92 Å². The van der Waals surface area contributed by atoms with Gasteiger partial charge in [-0.1, -0.05) is 20.3 Å². The van der Waals surface area contributed by atoms with Gasteiger partial charge in [-0.25, -0.2) is 4.98 Å². The van der Waals surface area contributed by atoms with Gasteiger partial charge in [0.15, 0.2) is 6.39 Å². The van der Waals surface area contributed by atoms with Crippen LogP contribution in [0.4, 0.5) is 0 Å². The third kappa shape index (κ3) is 1.59. The highest BCUT2D eigenvalue weighted by Crippen LogP contribution is 2.17.